The van der Waals surface area contributed by atoms with Crippen LogP contribution in [-0.4, -0.2) is 48.5 Å². The predicted molar refractivity (Wildman–Crippen MR) is 135 cm³/mol. The summed E-state index contributed by atoms with van der Waals surface area (Å²) in [5, 5.41) is 0. The maximum Gasteiger partial charge on any atom is 0.387 e. The Bertz CT molecular complexity index is 1070. The van der Waals surface area contributed by atoms with Gasteiger partial charge >= 0.3 is 6.61 Å². The van der Waals surface area contributed by atoms with E-state index >= 15 is 0 Å². The van der Waals surface area contributed by atoms with E-state index in [0.717, 1.165) is 0 Å². The Hall–Kier alpha value is -2.34. The first kappa shape index (κ1) is 25.7. The van der Waals surface area contributed by atoms with Gasteiger partial charge in [-0.3, -0.25) is 19.2 Å². The summed E-state index contributed by atoms with van der Waals surface area (Å²) in [4.78, 5) is 31.9. The summed E-state index contributed by atoms with van der Waals surface area (Å²) in [7, 11) is -1.83. The van der Waals surface area contributed by atoms with Crippen molar-refractivity contribution in [2.24, 2.45) is 0 Å². The fourth-order valence-corrected chi connectivity index (χ4v) is 6.36. The molecule has 0 spiro atoms. The van der Waals surface area contributed by atoms with E-state index in [9.17, 15) is 18.4 Å². The third-order valence-corrected chi connectivity index (χ3v) is 8.89. The third-order valence-electron chi connectivity index (χ3n) is 5.78. The molecule has 5 rings (SSSR count). The molecule has 3 heterocycles. The van der Waals surface area contributed by atoms with Crippen LogP contribution in [0.15, 0.2) is 42.5 Å². The molecule has 190 valence electrons. The first-order chi connectivity index (χ1) is 16.8. The molecule has 7 nitrogen and oxygen atoms in total. The summed E-state index contributed by atoms with van der Waals surface area (Å²) < 4.78 is 37.6. The molecule has 0 aromatic heterocycles. The van der Waals surface area contributed by atoms with Gasteiger partial charge in [0.2, 0.25) is 5.91 Å². The molecule has 2 amide bonds. The predicted octanol–water partition coefficient (Wildman–Crippen LogP) is 5.54. The van der Waals surface area contributed by atoms with Gasteiger partial charge in [-0.25, -0.2) is 4.89 Å². The smallest absolute Gasteiger partial charge is 0.387 e. The van der Waals surface area contributed by atoms with Gasteiger partial charge in [-0.05, 0) is 77.7 Å². The Morgan fingerprint density at radius 2 is 2.00 bits per heavy atom. The minimum atomic E-state index is -2.96. The Morgan fingerprint density at radius 3 is 2.63 bits per heavy atom. The summed E-state index contributed by atoms with van der Waals surface area (Å²) in [5.41, 5.74) is 2.08. The van der Waals surface area contributed by atoms with Gasteiger partial charge in [-0.2, -0.15) is 24.9 Å². The molecular formula is C24H28F2N2O5S2. The number of ether oxygens (including phenoxy) is 1. The van der Waals surface area contributed by atoms with Crippen LogP contribution in [0, 0.1) is 0 Å². The van der Waals surface area contributed by atoms with Gasteiger partial charge in [0, 0.05) is 23.6 Å². The Balaban J connectivity index is 0.000000514. The lowest BCUT2D eigenvalue weighted by Gasteiger charge is -2.27. The first-order valence-corrected chi connectivity index (χ1v) is 14.6. The zero-order valence-corrected chi connectivity index (χ0v) is 21.1. The van der Waals surface area contributed by atoms with E-state index in [2.05, 4.69) is 21.2 Å². The molecule has 3 aliphatic rings. The number of rotatable bonds is 5. The second kappa shape index (κ2) is 11.2. The number of nitrogens with zero attached hydrogens (tertiary/aromatic N) is 1. The Labute approximate surface area is 209 Å². The highest BCUT2D eigenvalue weighted by Crippen LogP contribution is 2.46. The van der Waals surface area contributed by atoms with Crippen LogP contribution in [-0.2, 0) is 14.0 Å². The van der Waals surface area contributed by atoms with E-state index in [1.807, 2.05) is 0 Å². The number of amides is 2. The molecule has 2 aromatic carbocycles. The average molecular weight is 527 g/mol. The highest BCUT2D eigenvalue weighted by molar-refractivity contribution is 8.28. The number of carbonyl (C=O) groups excluding carboxylic acids is 2. The second-order valence-electron chi connectivity index (χ2n) is 8.39. The maximum atomic E-state index is 12.9. The molecule has 0 radical (unpaired) electrons. The monoisotopic (exact) mass is 526 g/mol. The van der Waals surface area contributed by atoms with Crippen LogP contribution in [0.3, 0.4) is 0 Å². The van der Waals surface area contributed by atoms with E-state index in [-0.39, 0.29) is 17.6 Å². The number of hydrogen-bond acceptors (Lipinski definition) is 6. The van der Waals surface area contributed by atoms with E-state index in [4.69, 9.17) is 9.22 Å². The van der Waals surface area contributed by atoms with Crippen LogP contribution in [0.2, 0.25) is 0 Å². The lowest BCUT2D eigenvalue weighted by atomic mass is 10.0. The summed E-state index contributed by atoms with van der Waals surface area (Å²) >= 11 is 2.07. The van der Waals surface area contributed by atoms with Crippen molar-refractivity contribution < 1.29 is 32.3 Å². The van der Waals surface area contributed by atoms with Gasteiger partial charge in [-0.15, -0.1) is 0 Å². The molecule has 3 aliphatic heterocycles. The first-order valence-electron chi connectivity index (χ1n) is 11.3. The molecule has 1 N–H and O–H groups in total. The molecule has 0 bridgehead atoms. The number of halogens is 2. The van der Waals surface area contributed by atoms with Gasteiger partial charge in [0.05, 0.1) is 23.9 Å². The molecule has 2 fully saturated rings. The number of fused-ring (bicyclic) bond motifs is 1. The SMILES string of the molecule is C1CCSC1.CC1C(=O)N(c2cccc(OC(F)F)c2)c2ccc(C(=O)NS3(C)CCOO3)cc21. The number of benzene rings is 2. The standard InChI is InChI=1S/C20H20F2N2O5S.C4H8S/c1-12-16-10-13(18(25)23-30(2)9-8-27-29-30)6-7-17(16)24(19(12)26)14-4-3-5-15(11-14)28-20(21)22;1-2-4-5-3-1/h3-7,10-12,20H,8-9H2,1-2H3,(H,23,25);1-4H2. The number of thioether (sulfide) groups is 1. The fourth-order valence-electron chi connectivity index (χ4n) is 3.96. The highest BCUT2D eigenvalue weighted by Gasteiger charge is 2.36. The molecule has 2 unspecified atom stereocenters. The molecule has 2 saturated heterocycles. The van der Waals surface area contributed by atoms with Crippen molar-refractivity contribution in [3.63, 3.8) is 0 Å². The zero-order valence-electron chi connectivity index (χ0n) is 19.5. The molecule has 35 heavy (non-hydrogen) atoms. The van der Waals surface area contributed by atoms with Crippen LogP contribution in [0.25, 0.3) is 0 Å². The van der Waals surface area contributed by atoms with Crippen LogP contribution in [0.5, 0.6) is 5.75 Å². The lowest BCUT2D eigenvalue weighted by Crippen LogP contribution is -2.28. The van der Waals surface area contributed by atoms with E-state index in [1.54, 1.807) is 37.4 Å². The van der Waals surface area contributed by atoms with Gasteiger partial charge < -0.3 is 4.74 Å². The molecule has 0 aliphatic carbocycles. The highest BCUT2D eigenvalue weighted by atomic mass is 32.3. The normalized spacial score (nSPS) is 25.0. The molecule has 2 atom stereocenters. The molecular weight excluding hydrogens is 498 g/mol. The zero-order chi connectivity index (χ0) is 25.0. The van der Waals surface area contributed by atoms with Crippen LogP contribution in [0.4, 0.5) is 20.2 Å². The summed E-state index contributed by atoms with van der Waals surface area (Å²) in [6.07, 6.45) is 4.73. The van der Waals surface area contributed by atoms with Crippen molar-refractivity contribution in [3.05, 3.63) is 53.6 Å². The summed E-state index contributed by atoms with van der Waals surface area (Å²) in [5.74, 6) is 2.36. The van der Waals surface area contributed by atoms with Crippen molar-refractivity contribution >= 4 is 45.4 Å². The van der Waals surface area contributed by atoms with Gasteiger partial charge in [0.15, 0.2) is 0 Å². The number of anilines is 2. The molecule has 0 saturated carbocycles. The minimum Gasteiger partial charge on any atom is -0.435 e. The van der Waals surface area contributed by atoms with Crippen LogP contribution >= 0.6 is 22.3 Å². The second-order valence-corrected chi connectivity index (χ2v) is 12.4. The maximum absolute atomic E-state index is 12.9. The van der Waals surface area contributed by atoms with Crippen molar-refractivity contribution in [2.45, 2.75) is 32.3 Å². The Kier molecular flexibility index (Phi) is 8.20. The summed E-state index contributed by atoms with van der Waals surface area (Å²) in [6, 6.07) is 10.9. The number of carbonyl (C=O) groups is 2. The minimum absolute atomic E-state index is 0.0394. The molecule has 11 heteroatoms. The number of hydrogen-bond donors (Lipinski definition) is 1. The molecule has 2 aromatic rings. The van der Waals surface area contributed by atoms with Crippen molar-refractivity contribution in [1.29, 1.82) is 0 Å². The number of nitrogens with one attached hydrogen (secondary N) is 1. The largest absolute Gasteiger partial charge is 0.435 e. The average Bonchev–Trinajstić information content (AvgIpc) is 3.58. The van der Waals surface area contributed by atoms with E-state index < -0.39 is 23.0 Å². The van der Waals surface area contributed by atoms with Crippen LogP contribution < -0.4 is 14.4 Å². The van der Waals surface area contributed by atoms with Crippen molar-refractivity contribution in [3.8, 4) is 5.75 Å². The van der Waals surface area contributed by atoms with Crippen molar-refractivity contribution in [1.82, 2.24) is 4.72 Å². The van der Waals surface area contributed by atoms with Gasteiger partial charge in [-0.1, -0.05) is 6.07 Å². The van der Waals surface area contributed by atoms with E-state index in [0.29, 0.717) is 34.9 Å². The van der Waals surface area contributed by atoms with Gasteiger partial charge in [0.25, 0.3) is 5.91 Å². The quantitative estimate of drug-likeness (QED) is 0.516. The van der Waals surface area contributed by atoms with Crippen LogP contribution in [0.1, 0.15) is 41.6 Å². The van der Waals surface area contributed by atoms with E-state index in [1.165, 1.54) is 47.4 Å². The fraction of sp³-hybridized carbons (Fsp3) is 0.417. The van der Waals surface area contributed by atoms with Crippen molar-refractivity contribution in [2.75, 3.05) is 35.0 Å². The topological polar surface area (TPSA) is 77.1 Å². The summed E-state index contributed by atoms with van der Waals surface area (Å²) in [6.45, 7) is -0.798. The lowest BCUT2D eigenvalue weighted by molar-refractivity contribution is -0.173. The number of alkyl halides is 2. The van der Waals surface area contributed by atoms with Gasteiger partial charge in [0.1, 0.15) is 5.75 Å². The Morgan fingerprint density at radius 1 is 1.23 bits per heavy atom. The third kappa shape index (κ3) is 6.08.